The Morgan fingerprint density at radius 1 is 0.737 bits per heavy atom. The Hall–Kier alpha value is -1.07. The van der Waals surface area contributed by atoms with Crippen LogP contribution in [0.5, 0.6) is 0 Å². The predicted molar refractivity (Wildman–Crippen MR) is 85.0 cm³/mol. The second-order valence-electron chi connectivity index (χ2n) is 4.99. The Balaban J connectivity index is 3.18. The topological polar surface area (TPSA) is 17.1 Å². The number of unbranched alkanes of at least 4 members (excludes halogenated alkanes) is 8. The van der Waals surface area contributed by atoms with E-state index in [1.807, 2.05) is 5.94 Å². The number of rotatable bonds is 13. The molecule has 0 saturated heterocycles. The highest BCUT2D eigenvalue weighted by Gasteiger charge is 1.87. The molecule has 0 aromatic rings. The van der Waals surface area contributed by atoms with Crippen LogP contribution >= 0.6 is 0 Å². The van der Waals surface area contributed by atoms with E-state index in [1.54, 1.807) is 6.08 Å². The van der Waals surface area contributed by atoms with Crippen LogP contribution in [0.4, 0.5) is 0 Å². The molecule has 1 nitrogen and oxygen atoms in total. The van der Waals surface area contributed by atoms with Gasteiger partial charge in [0.25, 0.3) is 0 Å². The maximum atomic E-state index is 9.94. The minimum atomic E-state index is 0.891. The van der Waals surface area contributed by atoms with Gasteiger partial charge >= 0.3 is 0 Å². The van der Waals surface area contributed by atoms with Crippen LogP contribution < -0.4 is 0 Å². The molecular formula is C18H30O. The minimum Gasteiger partial charge on any atom is -0.234 e. The Morgan fingerprint density at radius 3 is 1.89 bits per heavy atom. The fraction of sp³-hybridized carbons (Fsp3) is 0.667. The summed E-state index contributed by atoms with van der Waals surface area (Å²) in [5.41, 5.74) is 0. The first-order chi connectivity index (χ1) is 9.41. The Kier molecular flexibility index (Phi) is 16.0. The monoisotopic (exact) mass is 262 g/mol. The zero-order valence-corrected chi connectivity index (χ0v) is 12.6. The molecule has 0 radical (unpaired) electrons. The molecule has 0 unspecified atom stereocenters. The summed E-state index contributed by atoms with van der Waals surface area (Å²) in [6, 6.07) is 0. The molecule has 0 fully saturated rings. The number of hydrogen-bond acceptors (Lipinski definition) is 1. The number of carbonyl (C=O) groups excluding carboxylic acids is 1. The lowest BCUT2D eigenvalue weighted by Gasteiger charge is -1.95. The fourth-order valence-electron chi connectivity index (χ4n) is 1.94. The summed E-state index contributed by atoms with van der Waals surface area (Å²) in [6.45, 7) is 2.24. The van der Waals surface area contributed by atoms with Gasteiger partial charge in [0, 0.05) is 0 Å². The van der Waals surface area contributed by atoms with Crippen molar-refractivity contribution >= 4 is 5.94 Å². The molecule has 0 amide bonds. The van der Waals surface area contributed by atoms with Gasteiger partial charge in [0.1, 0.15) is 5.94 Å². The van der Waals surface area contributed by atoms with E-state index in [2.05, 4.69) is 31.2 Å². The minimum absolute atomic E-state index is 0.891. The SMILES string of the molecule is CCCCCC=CCC=CCCCCCCC=C=O. The first-order valence-corrected chi connectivity index (χ1v) is 7.91. The van der Waals surface area contributed by atoms with Crippen LogP contribution in [0.3, 0.4) is 0 Å². The summed E-state index contributed by atoms with van der Waals surface area (Å²) in [5.74, 6) is 1.82. The lowest BCUT2D eigenvalue weighted by molar-refractivity contribution is 0.567. The molecule has 0 aromatic heterocycles. The molecule has 0 N–H and O–H groups in total. The predicted octanol–water partition coefficient (Wildman–Crippen LogP) is 5.80. The van der Waals surface area contributed by atoms with Crippen LogP contribution in [0.2, 0.25) is 0 Å². The maximum Gasteiger partial charge on any atom is 0.120 e. The van der Waals surface area contributed by atoms with Crippen LogP contribution in [-0.2, 0) is 4.79 Å². The smallest absolute Gasteiger partial charge is 0.120 e. The largest absolute Gasteiger partial charge is 0.234 e. The van der Waals surface area contributed by atoms with Crippen molar-refractivity contribution in [3.63, 3.8) is 0 Å². The van der Waals surface area contributed by atoms with Gasteiger partial charge in [-0.3, -0.25) is 0 Å². The van der Waals surface area contributed by atoms with E-state index < -0.39 is 0 Å². The molecule has 0 spiro atoms. The highest BCUT2D eigenvalue weighted by atomic mass is 16.1. The van der Waals surface area contributed by atoms with E-state index in [1.165, 1.54) is 51.4 Å². The molecule has 0 atom stereocenters. The molecular weight excluding hydrogens is 232 g/mol. The molecule has 19 heavy (non-hydrogen) atoms. The summed E-state index contributed by atoms with van der Waals surface area (Å²) in [6.07, 6.45) is 24.0. The zero-order valence-electron chi connectivity index (χ0n) is 12.6. The van der Waals surface area contributed by atoms with E-state index in [-0.39, 0.29) is 0 Å². The van der Waals surface area contributed by atoms with Crippen molar-refractivity contribution < 1.29 is 4.79 Å². The average Bonchev–Trinajstić information content (AvgIpc) is 2.43. The van der Waals surface area contributed by atoms with Gasteiger partial charge in [-0.25, -0.2) is 4.79 Å². The molecule has 0 aliphatic heterocycles. The van der Waals surface area contributed by atoms with E-state index in [4.69, 9.17) is 0 Å². The Bertz CT molecular complexity index is 269. The quantitative estimate of drug-likeness (QED) is 0.233. The lowest BCUT2D eigenvalue weighted by atomic mass is 10.1. The molecule has 0 bridgehead atoms. The molecule has 0 saturated carbocycles. The average molecular weight is 262 g/mol. The third-order valence-electron chi connectivity index (χ3n) is 3.13. The second-order valence-corrected chi connectivity index (χ2v) is 4.99. The van der Waals surface area contributed by atoms with Crippen LogP contribution in [0.1, 0.15) is 77.6 Å². The van der Waals surface area contributed by atoms with Gasteiger partial charge in [-0.2, -0.15) is 0 Å². The van der Waals surface area contributed by atoms with Gasteiger partial charge in [0.15, 0.2) is 0 Å². The summed E-state index contributed by atoms with van der Waals surface area (Å²) >= 11 is 0. The van der Waals surface area contributed by atoms with E-state index in [9.17, 15) is 4.79 Å². The van der Waals surface area contributed by atoms with Gasteiger partial charge < -0.3 is 0 Å². The lowest BCUT2D eigenvalue weighted by Crippen LogP contribution is -1.77. The van der Waals surface area contributed by atoms with Crippen molar-refractivity contribution in [2.45, 2.75) is 77.6 Å². The standard InChI is InChI=1S/C18H30O/c1-2-3-4-5-6-7-8-9-10-11-12-13-14-15-16-17-18-19/h6-7,9-10,17H,2-5,8,11-16H2,1H3. The molecule has 1 heteroatoms. The van der Waals surface area contributed by atoms with Crippen molar-refractivity contribution in [2.24, 2.45) is 0 Å². The van der Waals surface area contributed by atoms with E-state index in [0.717, 1.165) is 19.3 Å². The molecule has 0 aliphatic carbocycles. The fourth-order valence-corrected chi connectivity index (χ4v) is 1.94. The van der Waals surface area contributed by atoms with E-state index >= 15 is 0 Å². The van der Waals surface area contributed by atoms with Crippen LogP contribution in [0.15, 0.2) is 30.4 Å². The summed E-state index contributed by atoms with van der Waals surface area (Å²) in [5, 5.41) is 0. The summed E-state index contributed by atoms with van der Waals surface area (Å²) < 4.78 is 0. The Morgan fingerprint density at radius 2 is 1.32 bits per heavy atom. The highest BCUT2D eigenvalue weighted by molar-refractivity contribution is 5.44. The van der Waals surface area contributed by atoms with Crippen molar-refractivity contribution in [3.05, 3.63) is 30.4 Å². The van der Waals surface area contributed by atoms with Crippen molar-refractivity contribution in [3.8, 4) is 0 Å². The normalized spacial score (nSPS) is 11.2. The molecule has 0 aliphatic rings. The second kappa shape index (κ2) is 16.9. The van der Waals surface area contributed by atoms with Gasteiger partial charge in [-0.05, 0) is 51.0 Å². The van der Waals surface area contributed by atoms with Gasteiger partial charge in [-0.15, -0.1) is 0 Å². The summed E-state index contributed by atoms with van der Waals surface area (Å²) in [4.78, 5) is 9.94. The molecule has 0 heterocycles. The van der Waals surface area contributed by atoms with E-state index in [0.29, 0.717) is 0 Å². The van der Waals surface area contributed by atoms with Crippen molar-refractivity contribution in [1.82, 2.24) is 0 Å². The first-order valence-electron chi connectivity index (χ1n) is 7.91. The van der Waals surface area contributed by atoms with Gasteiger partial charge in [-0.1, -0.05) is 56.9 Å². The van der Waals surface area contributed by atoms with Gasteiger partial charge in [0.05, 0.1) is 0 Å². The maximum absolute atomic E-state index is 9.94. The number of allylic oxidation sites excluding steroid dienone is 5. The molecule has 0 aromatic carbocycles. The number of hydrogen-bond donors (Lipinski definition) is 0. The highest BCUT2D eigenvalue weighted by Crippen LogP contribution is 2.06. The molecule has 0 rings (SSSR count). The summed E-state index contributed by atoms with van der Waals surface area (Å²) in [7, 11) is 0. The third-order valence-corrected chi connectivity index (χ3v) is 3.13. The van der Waals surface area contributed by atoms with Crippen LogP contribution in [-0.4, -0.2) is 5.94 Å². The third kappa shape index (κ3) is 16.9. The van der Waals surface area contributed by atoms with Crippen molar-refractivity contribution in [2.75, 3.05) is 0 Å². The van der Waals surface area contributed by atoms with Crippen molar-refractivity contribution in [1.29, 1.82) is 0 Å². The van der Waals surface area contributed by atoms with Crippen LogP contribution in [0, 0.1) is 0 Å². The van der Waals surface area contributed by atoms with Gasteiger partial charge in [0.2, 0.25) is 0 Å². The zero-order chi connectivity index (χ0) is 14.0. The molecule has 108 valence electrons. The van der Waals surface area contributed by atoms with Crippen LogP contribution in [0.25, 0.3) is 0 Å². The first kappa shape index (κ1) is 17.9. The Labute approximate surface area is 119 Å².